The van der Waals surface area contributed by atoms with Gasteiger partial charge in [0.1, 0.15) is 4.90 Å². The average Bonchev–Trinajstić information content (AvgIpc) is 3.26. The summed E-state index contributed by atoms with van der Waals surface area (Å²) >= 11 is 0. The molecule has 0 atom stereocenters. The second kappa shape index (κ2) is 7.08. The number of halogens is 2. The van der Waals surface area contributed by atoms with Crippen LogP contribution in [-0.4, -0.2) is 26.7 Å². The van der Waals surface area contributed by atoms with Gasteiger partial charge in [-0.15, -0.1) is 0 Å². The molecule has 0 unspecified atom stereocenters. The largest absolute Gasteiger partial charge is 0.454 e. The van der Waals surface area contributed by atoms with E-state index >= 15 is 0 Å². The SMILES string of the molecule is O=S(=O)(Oc1cccc2c1=CN1CC=c3cc4c(cc3=C1C=2)OCO4)c1ccc(F)c(F)c1. The highest BCUT2D eigenvalue weighted by molar-refractivity contribution is 7.87. The van der Waals surface area contributed by atoms with E-state index in [1.807, 2.05) is 41.5 Å². The molecule has 0 N–H and O–H groups in total. The normalized spacial score (nSPS) is 15.5. The van der Waals surface area contributed by atoms with Crippen LogP contribution in [0, 0.1) is 11.6 Å². The van der Waals surface area contributed by atoms with Crippen LogP contribution in [-0.2, 0) is 10.1 Å². The second-order valence-corrected chi connectivity index (χ2v) is 9.23. The van der Waals surface area contributed by atoms with Gasteiger partial charge in [0.05, 0.1) is 0 Å². The summed E-state index contributed by atoms with van der Waals surface area (Å²) in [7, 11) is -4.37. The van der Waals surface area contributed by atoms with Crippen LogP contribution in [0.25, 0.3) is 24.0 Å². The quantitative estimate of drug-likeness (QED) is 0.534. The minimum absolute atomic E-state index is 0.0871. The van der Waals surface area contributed by atoms with E-state index in [1.54, 1.807) is 6.07 Å². The van der Waals surface area contributed by atoms with E-state index < -0.39 is 26.6 Å². The first-order valence-corrected chi connectivity index (χ1v) is 11.4. The van der Waals surface area contributed by atoms with Crippen molar-refractivity contribution in [3.05, 3.63) is 81.0 Å². The lowest BCUT2D eigenvalue weighted by molar-refractivity contribution is 0.174. The highest BCUT2D eigenvalue weighted by Gasteiger charge is 2.22. The summed E-state index contributed by atoms with van der Waals surface area (Å²) < 4.78 is 68.6. The monoisotopic (exact) mass is 467 g/mol. The van der Waals surface area contributed by atoms with E-state index in [-0.39, 0.29) is 12.5 Å². The maximum absolute atomic E-state index is 13.6. The molecule has 0 amide bonds. The van der Waals surface area contributed by atoms with Crippen LogP contribution in [0.5, 0.6) is 17.2 Å². The average molecular weight is 467 g/mol. The first kappa shape index (κ1) is 19.8. The van der Waals surface area contributed by atoms with Gasteiger partial charge in [0.25, 0.3) is 0 Å². The molecule has 0 fully saturated rings. The molecule has 0 saturated carbocycles. The Balaban J connectivity index is 1.48. The molecule has 6 nitrogen and oxygen atoms in total. The molecule has 0 aromatic heterocycles. The van der Waals surface area contributed by atoms with Gasteiger partial charge >= 0.3 is 10.1 Å². The maximum atomic E-state index is 13.6. The number of nitrogens with zero attached hydrogens (tertiary/aromatic N) is 1. The summed E-state index contributed by atoms with van der Waals surface area (Å²) in [6.45, 7) is 0.741. The Hall–Kier alpha value is -3.85. The molecular weight excluding hydrogens is 452 g/mol. The van der Waals surface area contributed by atoms with E-state index in [4.69, 9.17) is 13.7 Å². The van der Waals surface area contributed by atoms with Crippen LogP contribution in [0.4, 0.5) is 8.78 Å². The van der Waals surface area contributed by atoms with Gasteiger partial charge in [-0.1, -0.05) is 18.2 Å². The van der Waals surface area contributed by atoms with E-state index in [0.717, 1.165) is 33.5 Å². The third kappa shape index (κ3) is 3.23. The summed E-state index contributed by atoms with van der Waals surface area (Å²) in [5.74, 6) is -0.939. The molecular formula is C24H15F2NO5S. The highest BCUT2D eigenvalue weighted by Crippen LogP contribution is 2.29. The van der Waals surface area contributed by atoms with Crippen LogP contribution in [0.2, 0.25) is 0 Å². The first-order chi connectivity index (χ1) is 15.9. The molecule has 33 heavy (non-hydrogen) atoms. The van der Waals surface area contributed by atoms with Crippen molar-refractivity contribution in [1.29, 1.82) is 0 Å². The van der Waals surface area contributed by atoms with Crippen LogP contribution in [0.15, 0.2) is 53.4 Å². The molecule has 3 aromatic carbocycles. The number of rotatable bonds is 3. The van der Waals surface area contributed by atoms with Crippen LogP contribution in [0.3, 0.4) is 0 Å². The Morgan fingerprint density at radius 3 is 2.58 bits per heavy atom. The summed E-state index contributed by atoms with van der Waals surface area (Å²) in [6.07, 6.45) is 5.79. The lowest BCUT2D eigenvalue weighted by atomic mass is 10.0. The van der Waals surface area contributed by atoms with E-state index in [1.165, 1.54) is 6.07 Å². The van der Waals surface area contributed by atoms with Crippen molar-refractivity contribution in [2.24, 2.45) is 0 Å². The Bertz CT molecular complexity index is 1700. The fourth-order valence-corrected chi connectivity index (χ4v) is 5.04. The number of ether oxygens (including phenoxy) is 2. The molecule has 3 aliphatic heterocycles. The van der Waals surface area contributed by atoms with Crippen molar-refractivity contribution in [3.8, 4) is 17.2 Å². The molecule has 0 bridgehead atoms. The fourth-order valence-electron chi connectivity index (χ4n) is 4.08. The maximum Gasteiger partial charge on any atom is 0.339 e. The van der Waals surface area contributed by atoms with Gasteiger partial charge < -0.3 is 18.6 Å². The second-order valence-electron chi connectivity index (χ2n) is 7.68. The lowest BCUT2D eigenvalue weighted by Crippen LogP contribution is -2.43. The molecule has 0 saturated heterocycles. The van der Waals surface area contributed by atoms with Crippen molar-refractivity contribution in [1.82, 2.24) is 4.90 Å². The zero-order chi connectivity index (χ0) is 22.7. The van der Waals surface area contributed by atoms with Crippen molar-refractivity contribution in [3.63, 3.8) is 0 Å². The Kier molecular flexibility index (Phi) is 4.25. The topological polar surface area (TPSA) is 65.1 Å². The van der Waals surface area contributed by atoms with Gasteiger partial charge in [-0.25, -0.2) is 8.78 Å². The molecule has 9 heteroatoms. The Morgan fingerprint density at radius 2 is 1.76 bits per heavy atom. The lowest BCUT2D eigenvalue weighted by Gasteiger charge is -2.26. The third-order valence-corrected chi connectivity index (χ3v) is 6.92. The minimum Gasteiger partial charge on any atom is -0.454 e. The van der Waals surface area contributed by atoms with E-state index in [9.17, 15) is 17.2 Å². The highest BCUT2D eigenvalue weighted by atomic mass is 32.2. The summed E-state index contributed by atoms with van der Waals surface area (Å²) in [5.41, 5.74) is 0.930. The third-order valence-electron chi connectivity index (χ3n) is 5.69. The standard InChI is InChI=1S/C24H15F2NO5S/c25-19-5-4-16(10-20(19)26)33(28,29)32-22-3-1-2-14-8-21-17-11-24-23(30-13-31-24)9-15(17)6-7-27(21)12-18(14)22/h1-6,8-12H,7,13H2. The zero-order valence-corrected chi connectivity index (χ0v) is 17.7. The van der Waals surface area contributed by atoms with Crippen molar-refractivity contribution in [2.75, 3.05) is 13.3 Å². The number of hydrogen-bond acceptors (Lipinski definition) is 6. The Labute approximate surface area is 186 Å². The van der Waals surface area contributed by atoms with E-state index in [2.05, 4.69) is 0 Å². The van der Waals surface area contributed by atoms with Crippen molar-refractivity contribution in [2.45, 2.75) is 4.90 Å². The van der Waals surface area contributed by atoms with Crippen molar-refractivity contribution >= 4 is 34.2 Å². The summed E-state index contributed by atoms with van der Waals surface area (Å²) in [4.78, 5) is 1.51. The van der Waals surface area contributed by atoms with Crippen molar-refractivity contribution < 1.29 is 30.9 Å². The van der Waals surface area contributed by atoms with Crippen LogP contribution < -0.4 is 34.5 Å². The Morgan fingerprint density at radius 1 is 0.939 bits per heavy atom. The molecule has 3 aromatic rings. The predicted molar refractivity (Wildman–Crippen MR) is 115 cm³/mol. The summed E-state index contributed by atoms with van der Waals surface area (Å²) in [6, 6.07) is 11.2. The van der Waals surface area contributed by atoms with Gasteiger partial charge in [-0.2, -0.15) is 8.42 Å². The number of benzene rings is 3. The van der Waals surface area contributed by atoms with Gasteiger partial charge in [-0.3, -0.25) is 0 Å². The summed E-state index contributed by atoms with van der Waals surface area (Å²) in [5, 5.41) is 3.30. The van der Waals surface area contributed by atoms with E-state index in [0.29, 0.717) is 29.3 Å². The molecule has 0 spiro atoms. The van der Waals surface area contributed by atoms with Gasteiger partial charge in [0.2, 0.25) is 6.79 Å². The molecule has 3 heterocycles. The molecule has 0 aliphatic carbocycles. The van der Waals surface area contributed by atoms with Gasteiger partial charge in [0, 0.05) is 28.9 Å². The smallest absolute Gasteiger partial charge is 0.339 e. The molecule has 0 radical (unpaired) electrons. The molecule has 166 valence electrons. The van der Waals surface area contributed by atoms with Gasteiger partial charge in [0.15, 0.2) is 28.9 Å². The molecule has 3 aliphatic rings. The number of fused-ring (bicyclic) bond motifs is 4. The van der Waals surface area contributed by atoms with Crippen LogP contribution >= 0.6 is 0 Å². The fraction of sp³-hybridized carbons (Fsp3) is 0.0833. The predicted octanol–water partition coefficient (Wildman–Crippen LogP) is 0.898. The minimum atomic E-state index is -4.37. The molecule has 6 rings (SSSR count). The van der Waals surface area contributed by atoms with Crippen LogP contribution in [0.1, 0.15) is 0 Å². The zero-order valence-electron chi connectivity index (χ0n) is 16.9. The first-order valence-electron chi connectivity index (χ1n) is 10.0. The number of hydrogen-bond donors (Lipinski definition) is 0. The van der Waals surface area contributed by atoms with Gasteiger partial charge in [-0.05, 0) is 52.9 Å².